The van der Waals surface area contributed by atoms with Crippen LogP contribution >= 0.6 is 0 Å². The van der Waals surface area contributed by atoms with Gasteiger partial charge in [-0.15, -0.1) is 0 Å². The smallest absolute Gasteiger partial charge is 0.0472 e. The molecule has 3 aliphatic rings. The molecule has 1 saturated carbocycles. The average molecular weight is 286 g/mol. The summed E-state index contributed by atoms with van der Waals surface area (Å²) in [6.07, 6.45) is 6.35. The molecule has 2 aliphatic heterocycles. The summed E-state index contributed by atoms with van der Waals surface area (Å²) >= 11 is 0. The molecule has 0 spiro atoms. The van der Waals surface area contributed by atoms with Gasteiger partial charge < -0.3 is 15.0 Å². The van der Waals surface area contributed by atoms with Crippen LogP contribution in [0.4, 0.5) is 5.69 Å². The van der Waals surface area contributed by atoms with Crippen molar-refractivity contribution in [2.75, 3.05) is 37.7 Å². The molecule has 1 aromatic rings. The van der Waals surface area contributed by atoms with Crippen molar-refractivity contribution in [3.63, 3.8) is 0 Å². The first-order chi connectivity index (χ1) is 10.3. The summed E-state index contributed by atoms with van der Waals surface area (Å²) in [5.41, 5.74) is 3.39. The standard InChI is InChI=1S/C18H26N2O/c1-2-4-17-15(3-1)7-10-20(17)14-18(8-11-21-12-9-18)13-19-16-5-6-16/h1-4,16,19H,5-14H2. The quantitative estimate of drug-likeness (QED) is 0.900. The third-order valence-corrected chi connectivity index (χ3v) is 5.41. The van der Waals surface area contributed by atoms with Crippen LogP contribution in [0.15, 0.2) is 24.3 Å². The van der Waals surface area contributed by atoms with Crippen LogP contribution < -0.4 is 10.2 Å². The Morgan fingerprint density at radius 2 is 2.00 bits per heavy atom. The van der Waals surface area contributed by atoms with Crippen LogP contribution in [-0.4, -0.2) is 38.9 Å². The van der Waals surface area contributed by atoms with E-state index in [-0.39, 0.29) is 0 Å². The lowest BCUT2D eigenvalue weighted by Gasteiger charge is -2.41. The summed E-state index contributed by atoms with van der Waals surface area (Å²) in [5, 5.41) is 3.78. The summed E-state index contributed by atoms with van der Waals surface area (Å²) in [6.45, 7) is 5.40. The minimum absolute atomic E-state index is 0.401. The molecule has 3 heteroatoms. The van der Waals surface area contributed by atoms with Crippen molar-refractivity contribution in [1.82, 2.24) is 5.32 Å². The van der Waals surface area contributed by atoms with Crippen LogP contribution in [0.25, 0.3) is 0 Å². The van der Waals surface area contributed by atoms with Crippen LogP contribution in [0.5, 0.6) is 0 Å². The number of para-hydroxylation sites is 1. The number of anilines is 1. The molecule has 1 aliphatic carbocycles. The fraction of sp³-hybridized carbons (Fsp3) is 0.667. The summed E-state index contributed by atoms with van der Waals surface area (Å²) in [5.74, 6) is 0. The second-order valence-corrected chi connectivity index (χ2v) is 7.07. The van der Waals surface area contributed by atoms with Crippen molar-refractivity contribution in [2.24, 2.45) is 5.41 Å². The molecule has 0 radical (unpaired) electrons. The van der Waals surface area contributed by atoms with Gasteiger partial charge in [-0.2, -0.15) is 0 Å². The van der Waals surface area contributed by atoms with Gasteiger partial charge in [-0.25, -0.2) is 0 Å². The Balaban J connectivity index is 1.48. The molecular formula is C18H26N2O. The van der Waals surface area contributed by atoms with E-state index in [2.05, 4.69) is 34.5 Å². The topological polar surface area (TPSA) is 24.5 Å². The van der Waals surface area contributed by atoms with Crippen molar-refractivity contribution in [1.29, 1.82) is 0 Å². The predicted molar refractivity (Wildman–Crippen MR) is 85.9 cm³/mol. The van der Waals surface area contributed by atoms with E-state index in [1.54, 1.807) is 0 Å². The van der Waals surface area contributed by atoms with Crippen molar-refractivity contribution in [3.05, 3.63) is 29.8 Å². The number of fused-ring (bicyclic) bond motifs is 1. The van der Waals surface area contributed by atoms with Crippen LogP contribution in [0.1, 0.15) is 31.2 Å². The summed E-state index contributed by atoms with van der Waals surface area (Å²) in [7, 11) is 0. The van der Waals surface area contributed by atoms with Gasteiger partial charge in [0.2, 0.25) is 0 Å². The molecule has 0 bridgehead atoms. The molecule has 1 aromatic carbocycles. The number of rotatable bonds is 5. The molecule has 0 atom stereocenters. The van der Waals surface area contributed by atoms with Gasteiger partial charge >= 0.3 is 0 Å². The fourth-order valence-electron chi connectivity index (χ4n) is 3.82. The SMILES string of the molecule is c1ccc2c(c1)CCN2CC1(CNC2CC2)CCOCC1. The Labute approximate surface area is 127 Å². The van der Waals surface area contributed by atoms with E-state index < -0.39 is 0 Å². The molecule has 114 valence electrons. The first kappa shape index (κ1) is 13.6. The monoisotopic (exact) mass is 286 g/mol. The van der Waals surface area contributed by atoms with Crippen LogP contribution in [0.2, 0.25) is 0 Å². The van der Waals surface area contributed by atoms with Crippen molar-refractivity contribution >= 4 is 5.69 Å². The average Bonchev–Trinajstić information content (AvgIpc) is 3.28. The number of benzene rings is 1. The zero-order valence-corrected chi connectivity index (χ0v) is 12.8. The fourth-order valence-corrected chi connectivity index (χ4v) is 3.82. The van der Waals surface area contributed by atoms with E-state index in [0.29, 0.717) is 5.41 Å². The van der Waals surface area contributed by atoms with Crippen molar-refractivity contribution in [3.8, 4) is 0 Å². The van der Waals surface area contributed by atoms with Gasteiger partial charge in [0.25, 0.3) is 0 Å². The third kappa shape index (κ3) is 2.95. The maximum Gasteiger partial charge on any atom is 0.0472 e. The van der Waals surface area contributed by atoms with E-state index >= 15 is 0 Å². The molecular weight excluding hydrogens is 260 g/mol. The Hall–Kier alpha value is -1.06. The lowest BCUT2D eigenvalue weighted by Crippen LogP contribution is -2.47. The zero-order chi connectivity index (χ0) is 14.1. The molecule has 0 aromatic heterocycles. The minimum atomic E-state index is 0.401. The first-order valence-corrected chi connectivity index (χ1v) is 8.49. The van der Waals surface area contributed by atoms with E-state index in [9.17, 15) is 0 Å². The second-order valence-electron chi connectivity index (χ2n) is 7.07. The first-order valence-electron chi connectivity index (χ1n) is 8.49. The van der Waals surface area contributed by atoms with Crippen molar-refractivity contribution in [2.45, 2.75) is 38.1 Å². The van der Waals surface area contributed by atoms with Crippen LogP contribution in [0, 0.1) is 5.41 Å². The lowest BCUT2D eigenvalue weighted by molar-refractivity contribution is 0.0183. The molecule has 21 heavy (non-hydrogen) atoms. The Morgan fingerprint density at radius 1 is 1.19 bits per heavy atom. The van der Waals surface area contributed by atoms with Gasteiger partial charge in [-0.05, 0) is 43.7 Å². The lowest BCUT2D eigenvalue weighted by atomic mass is 9.79. The summed E-state index contributed by atoms with van der Waals surface area (Å²) in [4.78, 5) is 2.62. The summed E-state index contributed by atoms with van der Waals surface area (Å²) < 4.78 is 5.63. The second kappa shape index (κ2) is 5.62. The van der Waals surface area contributed by atoms with Gasteiger partial charge in [-0.3, -0.25) is 0 Å². The molecule has 2 heterocycles. The molecule has 2 fully saturated rings. The molecule has 1 N–H and O–H groups in total. The van der Waals surface area contributed by atoms with Crippen LogP contribution in [-0.2, 0) is 11.2 Å². The summed E-state index contributed by atoms with van der Waals surface area (Å²) in [6, 6.07) is 9.73. The Bertz CT molecular complexity index is 492. The number of hydrogen-bond acceptors (Lipinski definition) is 3. The highest BCUT2D eigenvalue weighted by Crippen LogP contribution is 2.36. The van der Waals surface area contributed by atoms with Gasteiger partial charge in [0, 0.05) is 50.0 Å². The van der Waals surface area contributed by atoms with Gasteiger partial charge in [0.15, 0.2) is 0 Å². The van der Waals surface area contributed by atoms with E-state index in [4.69, 9.17) is 4.74 Å². The highest BCUT2D eigenvalue weighted by atomic mass is 16.5. The Morgan fingerprint density at radius 3 is 2.81 bits per heavy atom. The van der Waals surface area contributed by atoms with Gasteiger partial charge in [0.05, 0.1) is 0 Å². The minimum Gasteiger partial charge on any atom is -0.381 e. The largest absolute Gasteiger partial charge is 0.381 e. The van der Waals surface area contributed by atoms with E-state index in [1.165, 1.54) is 63.0 Å². The normalized spacial score (nSPS) is 24.1. The molecule has 0 amide bonds. The maximum atomic E-state index is 5.63. The van der Waals surface area contributed by atoms with Crippen molar-refractivity contribution < 1.29 is 4.74 Å². The van der Waals surface area contributed by atoms with Gasteiger partial charge in [-0.1, -0.05) is 18.2 Å². The highest BCUT2D eigenvalue weighted by molar-refractivity contribution is 5.58. The van der Waals surface area contributed by atoms with E-state index in [0.717, 1.165) is 19.3 Å². The van der Waals surface area contributed by atoms with E-state index in [1.807, 2.05) is 0 Å². The number of hydrogen-bond donors (Lipinski definition) is 1. The number of nitrogens with one attached hydrogen (secondary N) is 1. The Kier molecular flexibility index (Phi) is 3.64. The third-order valence-electron chi connectivity index (χ3n) is 5.41. The predicted octanol–water partition coefficient (Wildman–Crippen LogP) is 2.60. The van der Waals surface area contributed by atoms with Crippen LogP contribution in [0.3, 0.4) is 0 Å². The maximum absolute atomic E-state index is 5.63. The molecule has 1 saturated heterocycles. The number of ether oxygens (including phenoxy) is 1. The zero-order valence-electron chi connectivity index (χ0n) is 12.8. The highest BCUT2D eigenvalue weighted by Gasteiger charge is 2.37. The van der Waals surface area contributed by atoms with Gasteiger partial charge in [0.1, 0.15) is 0 Å². The molecule has 4 rings (SSSR count). The molecule has 0 unspecified atom stereocenters. The molecule has 3 nitrogen and oxygen atoms in total. The number of nitrogens with zero attached hydrogens (tertiary/aromatic N) is 1.